The molecule has 4 aromatic rings. The minimum absolute atomic E-state index is 0.0630. The van der Waals surface area contributed by atoms with E-state index in [4.69, 9.17) is 14.2 Å². The first-order valence-corrected chi connectivity index (χ1v) is 18.3. The maximum atomic E-state index is 13.3. The lowest BCUT2D eigenvalue weighted by molar-refractivity contribution is -0.136. The number of hydrogen-bond donors (Lipinski definition) is 1. The maximum absolute atomic E-state index is 13.3. The van der Waals surface area contributed by atoms with Crippen molar-refractivity contribution < 1.29 is 33.4 Å². The van der Waals surface area contributed by atoms with E-state index in [1.54, 1.807) is 50.2 Å². The van der Waals surface area contributed by atoms with Gasteiger partial charge in [-0.05, 0) is 55.3 Å². The van der Waals surface area contributed by atoms with Crippen LogP contribution in [0.2, 0.25) is 0 Å². The van der Waals surface area contributed by atoms with Crippen LogP contribution >= 0.6 is 0 Å². The minimum atomic E-state index is -1.02. The molecule has 7 rings (SSSR count). The highest BCUT2D eigenvalue weighted by molar-refractivity contribution is 6.23. The van der Waals surface area contributed by atoms with Gasteiger partial charge in [-0.2, -0.15) is 0 Å². The third-order valence-corrected chi connectivity index (χ3v) is 10.5. The summed E-state index contributed by atoms with van der Waals surface area (Å²) in [6.07, 6.45) is 3.42. The molecule has 5 heterocycles. The number of nitrogens with one attached hydrogen (secondary N) is 1. The Hall–Kier alpha value is -5.80. The fourth-order valence-corrected chi connectivity index (χ4v) is 7.63. The van der Waals surface area contributed by atoms with E-state index in [9.17, 15) is 24.0 Å². The number of fused-ring (bicyclic) bond motifs is 2. The highest BCUT2D eigenvalue weighted by Crippen LogP contribution is 2.38. The molecule has 3 aliphatic rings. The fraction of sp³-hybridized carbons (Fsp3) is 0.400. The number of rotatable bonds is 11. The smallest absolute Gasteiger partial charge is 0.262 e. The molecule has 1 unspecified atom stereocenters. The number of piperidine rings is 1. The number of pyridine rings is 2. The molecule has 2 aromatic carbocycles. The molecule has 15 heteroatoms. The first-order valence-electron chi connectivity index (χ1n) is 18.3. The minimum Gasteiger partial charge on any atom is -0.496 e. The molecule has 288 valence electrons. The van der Waals surface area contributed by atoms with Crippen molar-refractivity contribution in [3.63, 3.8) is 0 Å². The van der Waals surface area contributed by atoms with Crippen molar-refractivity contribution >= 4 is 40.2 Å². The van der Waals surface area contributed by atoms with Crippen molar-refractivity contribution in [3.05, 3.63) is 75.8 Å². The van der Waals surface area contributed by atoms with E-state index in [0.717, 1.165) is 59.0 Å². The zero-order chi connectivity index (χ0) is 39.1. The molecule has 0 saturated carbocycles. The van der Waals surface area contributed by atoms with Crippen molar-refractivity contribution in [2.45, 2.75) is 38.5 Å². The van der Waals surface area contributed by atoms with E-state index in [1.807, 2.05) is 50.3 Å². The van der Waals surface area contributed by atoms with Crippen LogP contribution in [-0.2, 0) is 23.2 Å². The maximum Gasteiger partial charge on any atom is 0.262 e. The van der Waals surface area contributed by atoms with E-state index in [0.29, 0.717) is 35.7 Å². The summed E-state index contributed by atoms with van der Waals surface area (Å²) in [7, 11) is 8.86. The predicted octanol–water partition coefficient (Wildman–Crippen LogP) is 2.67. The fourth-order valence-electron chi connectivity index (χ4n) is 7.63. The number of carbonyl (C=O) groups is 4. The van der Waals surface area contributed by atoms with Crippen molar-refractivity contribution in [1.82, 2.24) is 29.6 Å². The Bertz CT molecular complexity index is 2240. The number of piperazine rings is 1. The molecule has 2 atom stereocenters. The molecule has 4 amide bonds. The molecular formula is C40H45N7O8. The van der Waals surface area contributed by atoms with E-state index in [1.165, 1.54) is 0 Å². The topological polar surface area (TPSA) is 156 Å². The normalized spacial score (nSPS) is 18.4. The monoisotopic (exact) mass is 751 g/mol. The third kappa shape index (κ3) is 7.24. The van der Waals surface area contributed by atoms with Crippen LogP contribution < -0.4 is 30.0 Å². The van der Waals surface area contributed by atoms with Crippen LogP contribution in [-0.4, -0.2) is 121 Å². The van der Waals surface area contributed by atoms with Crippen LogP contribution in [0.5, 0.6) is 17.2 Å². The largest absolute Gasteiger partial charge is 0.496 e. The number of ether oxygens (including phenoxy) is 3. The van der Waals surface area contributed by atoms with Gasteiger partial charge in [0.2, 0.25) is 11.8 Å². The lowest BCUT2D eigenvalue weighted by atomic mass is 9.98. The van der Waals surface area contributed by atoms with Gasteiger partial charge in [-0.15, -0.1) is 0 Å². The first-order chi connectivity index (χ1) is 26.4. The Morgan fingerprint density at radius 1 is 0.873 bits per heavy atom. The first kappa shape index (κ1) is 37.5. The summed E-state index contributed by atoms with van der Waals surface area (Å²) in [5, 5.41) is 3.54. The molecule has 0 spiro atoms. The summed E-state index contributed by atoms with van der Waals surface area (Å²) in [6.45, 7) is 6.45. The Labute approximate surface area is 318 Å². The van der Waals surface area contributed by atoms with Crippen LogP contribution in [0.25, 0.3) is 21.9 Å². The van der Waals surface area contributed by atoms with Crippen LogP contribution in [0.3, 0.4) is 0 Å². The quantitative estimate of drug-likeness (QED) is 0.224. The lowest BCUT2D eigenvalue weighted by Gasteiger charge is -2.36. The molecule has 55 heavy (non-hydrogen) atoms. The summed E-state index contributed by atoms with van der Waals surface area (Å²) < 4.78 is 19.7. The van der Waals surface area contributed by atoms with Gasteiger partial charge < -0.3 is 23.7 Å². The number of anilines is 1. The number of benzene rings is 2. The number of methoxy groups -OCH3 is 2. The number of imide groups is 2. The van der Waals surface area contributed by atoms with Gasteiger partial charge in [0.25, 0.3) is 17.4 Å². The number of carbonyl (C=O) groups excluding carboxylic acids is 4. The molecule has 2 fully saturated rings. The van der Waals surface area contributed by atoms with Crippen molar-refractivity contribution in [1.29, 1.82) is 0 Å². The molecule has 15 nitrogen and oxygen atoms in total. The predicted molar refractivity (Wildman–Crippen MR) is 205 cm³/mol. The van der Waals surface area contributed by atoms with Gasteiger partial charge in [0.1, 0.15) is 35.2 Å². The van der Waals surface area contributed by atoms with Gasteiger partial charge in [-0.3, -0.25) is 44.0 Å². The zero-order valence-corrected chi connectivity index (χ0v) is 31.9. The molecule has 0 bridgehead atoms. The second kappa shape index (κ2) is 15.1. The summed E-state index contributed by atoms with van der Waals surface area (Å²) in [4.78, 5) is 75.4. The van der Waals surface area contributed by atoms with Gasteiger partial charge in [0.15, 0.2) is 0 Å². The highest BCUT2D eigenvalue weighted by Gasteiger charge is 2.44. The Balaban J connectivity index is 0.995. The zero-order valence-electron chi connectivity index (χ0n) is 31.9. The Kier molecular flexibility index (Phi) is 10.3. The molecule has 1 N–H and O–H groups in total. The number of nitrogens with zero attached hydrogens (tertiary/aromatic N) is 6. The average Bonchev–Trinajstić information content (AvgIpc) is 3.41. The van der Waals surface area contributed by atoms with Crippen LogP contribution in [0, 0.1) is 0 Å². The molecule has 3 aliphatic heterocycles. The van der Waals surface area contributed by atoms with Crippen LogP contribution in [0.1, 0.15) is 46.0 Å². The Morgan fingerprint density at radius 2 is 1.55 bits per heavy atom. The summed E-state index contributed by atoms with van der Waals surface area (Å²) in [6, 6.07) is 9.68. The molecule has 0 aliphatic carbocycles. The summed E-state index contributed by atoms with van der Waals surface area (Å²) in [5.74, 6) is 0.414. The van der Waals surface area contributed by atoms with Crippen molar-refractivity contribution in [3.8, 4) is 28.4 Å². The Morgan fingerprint density at radius 3 is 2.20 bits per heavy atom. The number of aromatic nitrogens is 2. The highest BCUT2D eigenvalue weighted by atomic mass is 16.5. The van der Waals surface area contributed by atoms with E-state index < -0.39 is 29.7 Å². The molecule has 2 aromatic heterocycles. The van der Waals surface area contributed by atoms with Gasteiger partial charge in [-0.1, -0.05) is 0 Å². The van der Waals surface area contributed by atoms with Gasteiger partial charge in [0, 0.05) is 90.2 Å². The van der Waals surface area contributed by atoms with Gasteiger partial charge in [0.05, 0.1) is 36.3 Å². The van der Waals surface area contributed by atoms with E-state index >= 15 is 0 Å². The number of hydrogen-bond acceptors (Lipinski definition) is 12. The standard InChI is InChI=1S/C40H45N7O8/c1-23(55-25-7-8-26-28(17-25)40(52)47(39(26)51)32-9-10-36(48)42-37(32)49)20-45-11-13-46(14-12-45)22-31-33(53-5)15-24(16-34(31)54-6)30-21-44(4)38(50)29-19-41-35(43(2)3)18-27(29)30/h7-8,15-19,21,23,32H,9-14,20,22H2,1-6H3,(H,42,48,49)/t23-,32?/m0/s1. The summed E-state index contributed by atoms with van der Waals surface area (Å²) in [5.41, 5.74) is 2.94. The van der Waals surface area contributed by atoms with E-state index in [-0.39, 0.29) is 35.6 Å². The van der Waals surface area contributed by atoms with Crippen molar-refractivity contribution in [2.24, 2.45) is 7.05 Å². The van der Waals surface area contributed by atoms with Gasteiger partial charge >= 0.3 is 0 Å². The lowest BCUT2D eigenvalue weighted by Crippen LogP contribution is -2.54. The average molecular weight is 752 g/mol. The van der Waals surface area contributed by atoms with Crippen LogP contribution in [0.15, 0.2) is 53.6 Å². The second-order valence-corrected chi connectivity index (χ2v) is 14.5. The SMILES string of the molecule is COc1cc(-c2cn(C)c(=O)c3cnc(N(C)C)cc23)cc(OC)c1CN1CCN(C[C@H](C)Oc2ccc3c(c2)C(=O)N(C2CCC(=O)NC2=O)C3=O)CC1. The number of aryl methyl sites for hydroxylation is 1. The molecular weight excluding hydrogens is 706 g/mol. The van der Waals surface area contributed by atoms with Crippen LogP contribution in [0.4, 0.5) is 5.82 Å². The molecule has 2 saturated heterocycles. The second-order valence-electron chi connectivity index (χ2n) is 14.5. The molecule has 0 radical (unpaired) electrons. The van der Waals surface area contributed by atoms with Gasteiger partial charge in [-0.25, -0.2) is 4.98 Å². The number of amides is 4. The third-order valence-electron chi connectivity index (χ3n) is 10.5. The van der Waals surface area contributed by atoms with E-state index in [2.05, 4.69) is 20.1 Å². The van der Waals surface area contributed by atoms with Crippen molar-refractivity contribution in [2.75, 3.05) is 65.9 Å². The summed E-state index contributed by atoms with van der Waals surface area (Å²) >= 11 is 0.